The number of rotatable bonds is 8. The normalized spacial score (nSPS) is 14.5. The molecule has 0 saturated carbocycles. The van der Waals surface area contributed by atoms with Gasteiger partial charge < -0.3 is 14.4 Å². The highest BCUT2D eigenvalue weighted by molar-refractivity contribution is 5.78. The Bertz CT molecular complexity index is 1180. The monoisotopic (exact) mass is 442 g/mol. The lowest BCUT2D eigenvalue weighted by Crippen LogP contribution is -2.35. The quantitative estimate of drug-likeness (QED) is 0.432. The minimum absolute atomic E-state index is 0.793. The van der Waals surface area contributed by atoms with Crippen molar-refractivity contribution in [1.29, 1.82) is 0 Å². The zero-order valence-corrected chi connectivity index (χ0v) is 19.0. The standard InChI is InChI=1S/C27H30N4O2/c1-32-26-4-2-3-22(15-26)19-31(20-23-5-8-24-17-28-29-27(24)16-23)25-9-6-21(7-10-25)18-30-11-13-33-14-12-30/h2-10,15-17H,11-14,18-20H2,1H3,(H,28,29). The second kappa shape index (κ2) is 10.1. The number of nitrogens with zero attached hydrogens (tertiary/aromatic N) is 3. The zero-order valence-electron chi connectivity index (χ0n) is 19.0. The average Bonchev–Trinajstić information content (AvgIpc) is 3.33. The van der Waals surface area contributed by atoms with Gasteiger partial charge >= 0.3 is 0 Å². The first-order chi connectivity index (χ1) is 16.3. The molecule has 1 fully saturated rings. The molecule has 6 heteroatoms. The van der Waals surface area contributed by atoms with E-state index in [1.165, 1.54) is 22.4 Å². The van der Waals surface area contributed by atoms with E-state index < -0.39 is 0 Å². The molecule has 0 radical (unpaired) electrons. The molecule has 0 amide bonds. The lowest BCUT2D eigenvalue weighted by molar-refractivity contribution is 0.0342. The summed E-state index contributed by atoms with van der Waals surface area (Å²) in [6.07, 6.45) is 1.86. The van der Waals surface area contributed by atoms with Crippen molar-refractivity contribution in [2.75, 3.05) is 38.3 Å². The van der Waals surface area contributed by atoms with E-state index in [-0.39, 0.29) is 0 Å². The molecule has 1 aliphatic rings. The molecule has 1 N–H and O–H groups in total. The van der Waals surface area contributed by atoms with Crippen LogP contribution in [0.5, 0.6) is 5.75 Å². The SMILES string of the molecule is COc1cccc(CN(Cc2ccc3cn[nH]c3c2)c2ccc(CN3CCOCC3)cc2)c1. The molecule has 0 unspecified atom stereocenters. The van der Waals surface area contributed by atoms with Gasteiger partial charge in [0.2, 0.25) is 0 Å². The molecule has 170 valence electrons. The van der Waals surface area contributed by atoms with Gasteiger partial charge in [-0.05, 0) is 47.0 Å². The third kappa shape index (κ3) is 5.35. The van der Waals surface area contributed by atoms with E-state index in [1.807, 2.05) is 12.3 Å². The van der Waals surface area contributed by atoms with Crippen molar-refractivity contribution in [3.63, 3.8) is 0 Å². The fourth-order valence-corrected chi connectivity index (χ4v) is 4.36. The minimum Gasteiger partial charge on any atom is -0.497 e. The molecule has 33 heavy (non-hydrogen) atoms. The molecule has 0 atom stereocenters. The molecule has 1 aliphatic heterocycles. The van der Waals surface area contributed by atoms with Crippen LogP contribution in [-0.4, -0.2) is 48.5 Å². The van der Waals surface area contributed by atoms with Gasteiger partial charge in [-0.3, -0.25) is 10.00 Å². The van der Waals surface area contributed by atoms with Crippen molar-refractivity contribution < 1.29 is 9.47 Å². The number of methoxy groups -OCH3 is 1. The predicted molar refractivity (Wildman–Crippen MR) is 132 cm³/mol. The molecule has 5 rings (SSSR count). The number of anilines is 1. The molecule has 1 saturated heterocycles. The highest BCUT2D eigenvalue weighted by Crippen LogP contribution is 2.24. The number of aromatic amines is 1. The second-order valence-electron chi connectivity index (χ2n) is 8.55. The third-order valence-electron chi connectivity index (χ3n) is 6.20. The summed E-state index contributed by atoms with van der Waals surface area (Å²) in [7, 11) is 1.71. The van der Waals surface area contributed by atoms with Crippen LogP contribution in [0.25, 0.3) is 10.9 Å². The number of ether oxygens (including phenoxy) is 2. The number of fused-ring (bicyclic) bond motifs is 1. The van der Waals surface area contributed by atoms with Crippen LogP contribution < -0.4 is 9.64 Å². The Hall–Kier alpha value is -3.35. The molecule has 6 nitrogen and oxygen atoms in total. The summed E-state index contributed by atoms with van der Waals surface area (Å²) >= 11 is 0. The molecule has 4 aromatic rings. The molecular formula is C27H30N4O2. The maximum atomic E-state index is 5.48. The number of hydrogen-bond donors (Lipinski definition) is 1. The van der Waals surface area contributed by atoms with Crippen molar-refractivity contribution in [1.82, 2.24) is 15.1 Å². The van der Waals surface area contributed by atoms with E-state index in [2.05, 4.69) is 80.7 Å². The Morgan fingerprint density at radius 3 is 2.48 bits per heavy atom. The number of H-pyrrole nitrogens is 1. The van der Waals surface area contributed by atoms with E-state index in [4.69, 9.17) is 9.47 Å². The number of nitrogens with one attached hydrogen (secondary N) is 1. The summed E-state index contributed by atoms with van der Waals surface area (Å²) in [6, 6.07) is 23.8. The Kier molecular flexibility index (Phi) is 6.56. The molecule has 0 aliphatic carbocycles. The molecule has 0 spiro atoms. The molecule has 2 heterocycles. The maximum absolute atomic E-state index is 5.48. The molecule has 0 bridgehead atoms. The lowest BCUT2D eigenvalue weighted by Gasteiger charge is -2.28. The summed E-state index contributed by atoms with van der Waals surface area (Å²) < 4.78 is 10.9. The molecule has 3 aromatic carbocycles. The first kappa shape index (κ1) is 21.5. The van der Waals surface area contributed by atoms with Gasteiger partial charge in [0.25, 0.3) is 0 Å². The van der Waals surface area contributed by atoms with E-state index in [0.29, 0.717) is 0 Å². The smallest absolute Gasteiger partial charge is 0.119 e. The summed E-state index contributed by atoms with van der Waals surface area (Å²) in [5.74, 6) is 0.882. The van der Waals surface area contributed by atoms with Crippen LogP contribution in [-0.2, 0) is 24.4 Å². The van der Waals surface area contributed by atoms with Gasteiger partial charge in [-0.1, -0.05) is 36.4 Å². The van der Waals surface area contributed by atoms with Crippen LogP contribution in [0.15, 0.2) is 72.9 Å². The fraction of sp³-hybridized carbons (Fsp3) is 0.296. The fourth-order valence-electron chi connectivity index (χ4n) is 4.36. The van der Waals surface area contributed by atoms with Crippen LogP contribution in [0.2, 0.25) is 0 Å². The number of hydrogen-bond acceptors (Lipinski definition) is 5. The first-order valence-electron chi connectivity index (χ1n) is 11.5. The summed E-state index contributed by atoms with van der Waals surface area (Å²) in [4.78, 5) is 4.86. The van der Waals surface area contributed by atoms with Gasteiger partial charge in [0, 0.05) is 43.8 Å². The van der Waals surface area contributed by atoms with Gasteiger partial charge in [-0.2, -0.15) is 5.10 Å². The van der Waals surface area contributed by atoms with Gasteiger partial charge in [-0.15, -0.1) is 0 Å². The molecular weight excluding hydrogens is 412 g/mol. The summed E-state index contributed by atoms with van der Waals surface area (Å²) in [5.41, 5.74) is 6.06. The maximum Gasteiger partial charge on any atom is 0.119 e. The Morgan fingerprint density at radius 1 is 0.939 bits per heavy atom. The topological polar surface area (TPSA) is 53.6 Å². The van der Waals surface area contributed by atoms with Crippen molar-refractivity contribution in [2.45, 2.75) is 19.6 Å². The van der Waals surface area contributed by atoms with Crippen molar-refractivity contribution in [2.24, 2.45) is 0 Å². The van der Waals surface area contributed by atoms with Crippen LogP contribution in [0.4, 0.5) is 5.69 Å². The summed E-state index contributed by atoms with van der Waals surface area (Å²) in [5, 5.41) is 8.38. The average molecular weight is 443 g/mol. The third-order valence-corrected chi connectivity index (χ3v) is 6.20. The van der Waals surface area contributed by atoms with Crippen LogP contribution >= 0.6 is 0 Å². The van der Waals surface area contributed by atoms with Gasteiger partial charge in [0.1, 0.15) is 5.75 Å². The Morgan fingerprint density at radius 2 is 1.70 bits per heavy atom. The van der Waals surface area contributed by atoms with E-state index in [0.717, 1.165) is 62.6 Å². The highest BCUT2D eigenvalue weighted by Gasteiger charge is 2.13. The summed E-state index contributed by atoms with van der Waals surface area (Å²) in [6.45, 7) is 6.21. The van der Waals surface area contributed by atoms with E-state index in [9.17, 15) is 0 Å². The largest absolute Gasteiger partial charge is 0.497 e. The zero-order chi connectivity index (χ0) is 22.5. The van der Waals surface area contributed by atoms with Gasteiger partial charge in [0.15, 0.2) is 0 Å². The minimum atomic E-state index is 0.793. The number of aromatic nitrogens is 2. The van der Waals surface area contributed by atoms with Gasteiger partial charge in [0.05, 0.1) is 32.0 Å². The van der Waals surface area contributed by atoms with Crippen LogP contribution in [0, 0.1) is 0 Å². The predicted octanol–water partition coefficient (Wildman–Crippen LogP) is 4.61. The highest BCUT2D eigenvalue weighted by atomic mass is 16.5. The van der Waals surface area contributed by atoms with Crippen LogP contribution in [0.1, 0.15) is 16.7 Å². The van der Waals surface area contributed by atoms with Crippen LogP contribution in [0.3, 0.4) is 0 Å². The number of benzene rings is 3. The van der Waals surface area contributed by atoms with E-state index in [1.54, 1.807) is 7.11 Å². The van der Waals surface area contributed by atoms with Crippen molar-refractivity contribution in [3.8, 4) is 5.75 Å². The molecule has 1 aromatic heterocycles. The Labute approximate surface area is 194 Å². The van der Waals surface area contributed by atoms with Crippen molar-refractivity contribution in [3.05, 3.63) is 89.6 Å². The Balaban J connectivity index is 1.38. The van der Waals surface area contributed by atoms with Crippen molar-refractivity contribution >= 4 is 16.6 Å². The van der Waals surface area contributed by atoms with Gasteiger partial charge in [-0.25, -0.2) is 0 Å². The first-order valence-corrected chi connectivity index (χ1v) is 11.5. The second-order valence-corrected chi connectivity index (χ2v) is 8.55. The lowest BCUT2D eigenvalue weighted by atomic mass is 10.1. The number of morpholine rings is 1. The van der Waals surface area contributed by atoms with E-state index >= 15 is 0 Å².